The number of aliphatic hydroxyl groups excluding tert-OH is 11. The van der Waals surface area contributed by atoms with Gasteiger partial charge in [-0.2, -0.15) is 0 Å². The van der Waals surface area contributed by atoms with Crippen LogP contribution in [0.1, 0.15) is 316 Å². The molecule has 17 unspecified atom stereocenters. The SMILES string of the molecule is CCCCCCCCCC/C=C\CCCCCCCCCCCC(=O)NC(COC1OC(CO)C(OC2OC(CO)C(OC3OC(CO)C(O)C(O)C3O)C(O)C2O)C(O)C1O)C(O)CCCCCCCCCCCCCCCCCCCCCCCCCCCC. The lowest BCUT2D eigenvalue weighted by Gasteiger charge is -2.48. The molecule has 3 saturated heterocycles. The third-order valence-corrected chi connectivity index (χ3v) is 19.3. The Kier molecular flexibility index (Phi) is 51.0. The van der Waals surface area contributed by atoms with Crippen molar-refractivity contribution in [3.63, 3.8) is 0 Å². The van der Waals surface area contributed by atoms with E-state index in [-0.39, 0.29) is 18.9 Å². The Labute approximate surface area is 556 Å². The number of carbonyl (C=O) groups excluding carboxylic acids is 1. The van der Waals surface area contributed by atoms with Crippen LogP contribution in [0.2, 0.25) is 0 Å². The van der Waals surface area contributed by atoms with Crippen molar-refractivity contribution in [1.29, 1.82) is 0 Å². The fraction of sp³-hybridized carbons (Fsp3) is 0.959. The normalized spacial score (nSPS) is 27.7. The first-order chi connectivity index (χ1) is 44.8. The summed E-state index contributed by atoms with van der Waals surface area (Å²) in [7, 11) is 0. The second kappa shape index (κ2) is 55.4. The predicted octanol–water partition coefficient (Wildman–Crippen LogP) is 11.2. The molecule has 92 heavy (non-hydrogen) atoms. The number of hydrogen-bond donors (Lipinski definition) is 12. The van der Waals surface area contributed by atoms with Crippen molar-refractivity contribution >= 4 is 5.91 Å². The second-order valence-corrected chi connectivity index (χ2v) is 27.5. The molecule has 0 aliphatic carbocycles. The van der Waals surface area contributed by atoms with Crippen molar-refractivity contribution in [3.8, 4) is 0 Å². The van der Waals surface area contributed by atoms with Crippen LogP contribution in [0.25, 0.3) is 0 Å². The lowest BCUT2D eigenvalue weighted by atomic mass is 9.96. The molecule has 17 atom stereocenters. The molecule has 0 saturated carbocycles. The Balaban J connectivity index is 1.40. The van der Waals surface area contributed by atoms with Gasteiger partial charge in [-0.3, -0.25) is 4.79 Å². The predicted molar refractivity (Wildman–Crippen MR) is 360 cm³/mol. The van der Waals surface area contributed by atoms with Gasteiger partial charge in [-0.1, -0.05) is 283 Å². The summed E-state index contributed by atoms with van der Waals surface area (Å²) in [6, 6.07) is -0.887. The highest BCUT2D eigenvalue weighted by Crippen LogP contribution is 2.33. The topological polar surface area (TPSA) is 307 Å². The van der Waals surface area contributed by atoms with Crippen LogP contribution in [0, 0.1) is 0 Å². The van der Waals surface area contributed by atoms with E-state index in [4.69, 9.17) is 28.4 Å². The van der Waals surface area contributed by atoms with Crippen LogP contribution in [0.3, 0.4) is 0 Å². The lowest BCUT2D eigenvalue weighted by Crippen LogP contribution is -2.66. The first-order valence-electron chi connectivity index (χ1n) is 37.9. The van der Waals surface area contributed by atoms with Gasteiger partial charge in [0.2, 0.25) is 5.91 Å². The Morgan fingerprint density at radius 2 is 0.685 bits per heavy atom. The van der Waals surface area contributed by atoms with Crippen LogP contribution in [0.5, 0.6) is 0 Å². The van der Waals surface area contributed by atoms with E-state index in [1.165, 1.54) is 231 Å². The molecule has 0 aromatic carbocycles. The fourth-order valence-electron chi connectivity index (χ4n) is 13.2. The Bertz CT molecular complexity index is 1720. The molecule has 19 heteroatoms. The summed E-state index contributed by atoms with van der Waals surface area (Å²) in [5, 5.41) is 121. The maximum absolute atomic E-state index is 13.5. The summed E-state index contributed by atoms with van der Waals surface area (Å²) >= 11 is 0. The molecule has 19 nitrogen and oxygen atoms in total. The number of aliphatic hydroxyl groups is 11. The molecule has 3 fully saturated rings. The Hall–Kier alpha value is -1.47. The second-order valence-electron chi connectivity index (χ2n) is 27.5. The molecular weight excluding hydrogens is 1180 g/mol. The Morgan fingerprint density at radius 1 is 0.380 bits per heavy atom. The summed E-state index contributed by atoms with van der Waals surface area (Å²) in [5.41, 5.74) is 0. The van der Waals surface area contributed by atoms with Crippen LogP contribution in [-0.2, 0) is 33.2 Å². The number of ether oxygens (including phenoxy) is 6. The van der Waals surface area contributed by atoms with Crippen LogP contribution < -0.4 is 5.32 Å². The molecular formula is C73H139NO18. The quantitative estimate of drug-likeness (QED) is 0.0199. The molecule has 544 valence electrons. The summed E-state index contributed by atoms with van der Waals surface area (Å²) in [4.78, 5) is 13.5. The molecule has 0 radical (unpaired) electrons. The molecule has 0 bridgehead atoms. The highest BCUT2D eigenvalue weighted by atomic mass is 16.8. The van der Waals surface area contributed by atoms with Crippen LogP contribution in [-0.4, -0.2) is 193 Å². The standard InChI is InChI=1S/C73H139NO18/c1-3-5-7-9-11-13-15-17-19-21-23-25-26-27-28-29-31-32-34-36-38-40-42-44-46-48-50-57(78)56(74-61(79)51-49-47-45-43-41-39-37-35-33-30-24-22-20-18-16-14-12-10-8-6-4-2)55-87-71-67(85)64(82)69(59(53-76)89-71)92-73-68(86)65(83)70(60(54-77)90-73)91-72-66(84)63(81)62(80)58(52-75)88-72/h22,24,56-60,62-73,75-78,80-86H,3-21,23,25-55H2,1-2H3,(H,74,79)/b24-22-. The average molecular weight is 1320 g/mol. The largest absolute Gasteiger partial charge is 0.394 e. The van der Waals surface area contributed by atoms with Gasteiger partial charge in [0.15, 0.2) is 18.9 Å². The summed E-state index contributed by atoms with van der Waals surface area (Å²) in [6.45, 7) is 1.85. The number of rotatable bonds is 60. The van der Waals surface area contributed by atoms with E-state index in [2.05, 4.69) is 31.3 Å². The molecule has 0 aromatic heterocycles. The zero-order valence-electron chi connectivity index (χ0n) is 57.8. The lowest BCUT2D eigenvalue weighted by molar-refractivity contribution is -0.379. The van der Waals surface area contributed by atoms with Gasteiger partial charge in [0.1, 0.15) is 73.2 Å². The molecule has 3 aliphatic heterocycles. The fourth-order valence-corrected chi connectivity index (χ4v) is 13.2. The van der Waals surface area contributed by atoms with E-state index >= 15 is 0 Å². The van der Waals surface area contributed by atoms with Gasteiger partial charge in [0.05, 0.1) is 38.6 Å². The van der Waals surface area contributed by atoms with Gasteiger partial charge in [-0.25, -0.2) is 0 Å². The van der Waals surface area contributed by atoms with Gasteiger partial charge >= 0.3 is 0 Å². The minimum absolute atomic E-state index is 0.239. The van der Waals surface area contributed by atoms with E-state index in [9.17, 15) is 61.0 Å². The van der Waals surface area contributed by atoms with E-state index in [0.29, 0.717) is 12.8 Å². The molecule has 12 N–H and O–H groups in total. The van der Waals surface area contributed by atoms with Gasteiger partial charge < -0.3 is 89.9 Å². The van der Waals surface area contributed by atoms with Crippen LogP contribution in [0.4, 0.5) is 0 Å². The minimum Gasteiger partial charge on any atom is -0.394 e. The summed E-state index contributed by atoms with van der Waals surface area (Å²) < 4.78 is 34.5. The van der Waals surface area contributed by atoms with Gasteiger partial charge in [0, 0.05) is 6.42 Å². The third kappa shape index (κ3) is 36.4. The number of unbranched alkanes of at least 4 members (excludes halogenated alkanes) is 42. The number of amides is 1. The van der Waals surface area contributed by atoms with E-state index in [1.807, 2.05) is 0 Å². The molecule has 0 spiro atoms. The monoisotopic (exact) mass is 1320 g/mol. The maximum atomic E-state index is 13.5. The smallest absolute Gasteiger partial charge is 0.220 e. The summed E-state index contributed by atoms with van der Waals surface area (Å²) in [6.07, 6.45) is 35.8. The first-order valence-corrected chi connectivity index (χ1v) is 37.9. The van der Waals surface area contributed by atoms with Crippen molar-refractivity contribution < 1.29 is 89.4 Å². The highest BCUT2D eigenvalue weighted by Gasteiger charge is 2.53. The zero-order valence-corrected chi connectivity index (χ0v) is 57.8. The summed E-state index contributed by atoms with van der Waals surface area (Å²) in [5.74, 6) is -0.239. The van der Waals surface area contributed by atoms with Gasteiger partial charge in [-0.15, -0.1) is 0 Å². The van der Waals surface area contributed by atoms with Crippen molar-refractivity contribution in [2.45, 2.75) is 420 Å². The maximum Gasteiger partial charge on any atom is 0.220 e. The van der Waals surface area contributed by atoms with Crippen molar-refractivity contribution in [2.75, 3.05) is 26.4 Å². The molecule has 3 aliphatic rings. The number of allylic oxidation sites excluding steroid dienone is 2. The van der Waals surface area contributed by atoms with Crippen molar-refractivity contribution in [2.24, 2.45) is 0 Å². The van der Waals surface area contributed by atoms with E-state index in [1.54, 1.807) is 0 Å². The number of nitrogens with one attached hydrogen (secondary N) is 1. The zero-order chi connectivity index (χ0) is 66.8. The Morgan fingerprint density at radius 3 is 1.05 bits per heavy atom. The van der Waals surface area contributed by atoms with Gasteiger partial charge in [-0.05, 0) is 38.5 Å². The number of hydrogen-bond acceptors (Lipinski definition) is 18. The third-order valence-electron chi connectivity index (χ3n) is 19.3. The van der Waals surface area contributed by atoms with Crippen LogP contribution >= 0.6 is 0 Å². The van der Waals surface area contributed by atoms with Crippen LogP contribution in [0.15, 0.2) is 12.2 Å². The minimum atomic E-state index is -1.97. The molecule has 3 heterocycles. The molecule has 0 aromatic rings. The highest BCUT2D eigenvalue weighted by molar-refractivity contribution is 5.76. The first kappa shape index (κ1) is 84.8. The van der Waals surface area contributed by atoms with E-state index < -0.39 is 124 Å². The van der Waals surface area contributed by atoms with Gasteiger partial charge in [0.25, 0.3) is 0 Å². The average Bonchev–Trinajstić information content (AvgIpc) is 0.838. The van der Waals surface area contributed by atoms with Crippen molar-refractivity contribution in [3.05, 3.63) is 12.2 Å². The molecule has 3 rings (SSSR count). The molecule has 1 amide bonds. The van der Waals surface area contributed by atoms with Crippen molar-refractivity contribution in [1.82, 2.24) is 5.32 Å². The van der Waals surface area contributed by atoms with E-state index in [0.717, 1.165) is 51.4 Å². The number of carbonyl (C=O) groups is 1.